The summed E-state index contributed by atoms with van der Waals surface area (Å²) in [6, 6.07) is 36.9. The Balaban J connectivity index is 1.43. The van der Waals surface area contributed by atoms with E-state index in [4.69, 9.17) is 13.7 Å². The van der Waals surface area contributed by atoms with Gasteiger partial charge in [0.1, 0.15) is 11.7 Å². The molecule has 0 heterocycles. The second-order valence-corrected chi connectivity index (χ2v) is 14.6. The van der Waals surface area contributed by atoms with Crippen molar-refractivity contribution in [3.05, 3.63) is 138 Å². The van der Waals surface area contributed by atoms with Gasteiger partial charge in [0, 0.05) is 6.61 Å². The van der Waals surface area contributed by atoms with Crippen LogP contribution >= 0.6 is 0 Å². The van der Waals surface area contributed by atoms with Gasteiger partial charge in [-0.15, -0.1) is 0 Å². The molecule has 0 aliphatic heterocycles. The first-order valence-electron chi connectivity index (χ1n) is 18.3. The normalized spacial score (nSPS) is 12.6. The minimum absolute atomic E-state index is 0.0117. The molecule has 0 bridgehead atoms. The highest BCUT2D eigenvalue weighted by molar-refractivity contribution is 7.86. The third-order valence-corrected chi connectivity index (χ3v) is 10.4. The van der Waals surface area contributed by atoms with Crippen LogP contribution in [0.25, 0.3) is 0 Å². The van der Waals surface area contributed by atoms with Crippen LogP contribution in [0.15, 0.2) is 120 Å². The van der Waals surface area contributed by atoms with Crippen molar-refractivity contribution in [1.82, 2.24) is 0 Å². The van der Waals surface area contributed by atoms with Crippen LogP contribution in [0.1, 0.15) is 106 Å². The van der Waals surface area contributed by atoms with Gasteiger partial charge < -0.3 is 9.47 Å². The molecule has 0 aliphatic rings. The lowest BCUT2D eigenvalue weighted by Crippen LogP contribution is -2.38. The van der Waals surface area contributed by atoms with Gasteiger partial charge in [-0.2, -0.15) is 8.42 Å². The molecule has 0 aliphatic carbocycles. The molecule has 0 spiro atoms. The number of hydrogen-bond donors (Lipinski definition) is 0. The lowest BCUT2D eigenvalue weighted by atomic mass is 9.80. The standard InChI is InChI=1S/C43H56O5S/c1-3-4-5-6-7-8-9-10-11-12-13-23-34-46-35-41(48-49(44,45)42-32-30-37(2)31-33-42)36-47-43(38-24-17-14-18-25-38,39-26-19-15-20-27-39)40-28-21-16-22-29-40/h14-22,24-33,41H,3-13,23,34-36H2,1-2H3. The molecule has 4 aromatic rings. The molecule has 6 heteroatoms. The summed E-state index contributed by atoms with van der Waals surface area (Å²) in [7, 11) is -4.07. The van der Waals surface area contributed by atoms with Gasteiger partial charge in [-0.25, -0.2) is 0 Å². The maximum Gasteiger partial charge on any atom is 0.297 e. The largest absolute Gasteiger partial charge is 0.379 e. The first kappa shape index (κ1) is 38.5. The van der Waals surface area contributed by atoms with Gasteiger partial charge in [0.25, 0.3) is 10.1 Å². The molecule has 0 amide bonds. The second-order valence-electron chi connectivity index (χ2n) is 13.0. The molecule has 0 fully saturated rings. The minimum atomic E-state index is -4.07. The molecule has 5 nitrogen and oxygen atoms in total. The Bertz CT molecular complexity index is 1440. The maximum absolute atomic E-state index is 13.5. The zero-order valence-electron chi connectivity index (χ0n) is 29.6. The Kier molecular flexibility index (Phi) is 16.5. The van der Waals surface area contributed by atoms with Crippen LogP contribution < -0.4 is 0 Å². The fourth-order valence-electron chi connectivity index (χ4n) is 6.29. The summed E-state index contributed by atoms with van der Waals surface area (Å²) in [4.78, 5) is 0.115. The van der Waals surface area contributed by atoms with Crippen LogP contribution in [0, 0.1) is 6.92 Å². The highest BCUT2D eigenvalue weighted by Crippen LogP contribution is 2.40. The van der Waals surface area contributed by atoms with Crippen molar-refractivity contribution in [2.45, 2.75) is 107 Å². The predicted molar refractivity (Wildman–Crippen MR) is 200 cm³/mol. The van der Waals surface area contributed by atoms with Crippen molar-refractivity contribution in [3.8, 4) is 0 Å². The van der Waals surface area contributed by atoms with Crippen molar-refractivity contribution >= 4 is 10.1 Å². The Labute approximate surface area is 296 Å². The minimum Gasteiger partial charge on any atom is -0.379 e. The van der Waals surface area contributed by atoms with Crippen LogP contribution in [0.4, 0.5) is 0 Å². The molecular weight excluding hydrogens is 629 g/mol. The summed E-state index contributed by atoms with van der Waals surface area (Å²) in [5, 5.41) is 0. The molecule has 49 heavy (non-hydrogen) atoms. The van der Waals surface area contributed by atoms with Gasteiger partial charge in [0.15, 0.2) is 0 Å². The van der Waals surface area contributed by atoms with Crippen molar-refractivity contribution < 1.29 is 22.1 Å². The van der Waals surface area contributed by atoms with Crippen LogP contribution in [0.2, 0.25) is 0 Å². The zero-order valence-corrected chi connectivity index (χ0v) is 30.4. The van der Waals surface area contributed by atoms with Crippen molar-refractivity contribution in [3.63, 3.8) is 0 Å². The van der Waals surface area contributed by atoms with Crippen molar-refractivity contribution in [2.75, 3.05) is 19.8 Å². The van der Waals surface area contributed by atoms with E-state index in [2.05, 4.69) is 6.92 Å². The van der Waals surface area contributed by atoms with Crippen molar-refractivity contribution in [2.24, 2.45) is 0 Å². The molecule has 264 valence electrons. The van der Waals surface area contributed by atoms with Crippen LogP contribution in [0.5, 0.6) is 0 Å². The molecule has 0 N–H and O–H groups in total. The summed E-state index contributed by atoms with van der Waals surface area (Å²) in [5.41, 5.74) is 2.77. The highest BCUT2D eigenvalue weighted by Gasteiger charge is 2.39. The SMILES string of the molecule is CCCCCCCCCCCCCCOCC(COC(c1ccccc1)(c1ccccc1)c1ccccc1)OS(=O)(=O)c1ccc(C)cc1. The molecule has 1 atom stereocenters. The fraction of sp³-hybridized carbons (Fsp3) is 0.442. The van der Waals surface area contributed by atoms with Gasteiger partial charge in [0.05, 0.1) is 18.1 Å². The summed E-state index contributed by atoms with van der Waals surface area (Å²) in [5.74, 6) is 0. The van der Waals surface area contributed by atoms with E-state index in [9.17, 15) is 8.42 Å². The van der Waals surface area contributed by atoms with E-state index >= 15 is 0 Å². The predicted octanol–water partition coefficient (Wildman–Crippen LogP) is 10.8. The Morgan fingerprint density at radius 1 is 0.551 bits per heavy atom. The number of unbranched alkanes of at least 4 members (excludes halogenated alkanes) is 11. The van der Waals surface area contributed by atoms with E-state index in [1.165, 1.54) is 64.2 Å². The third-order valence-electron chi connectivity index (χ3n) is 9.05. The molecule has 0 saturated carbocycles. The Hall–Kier alpha value is -3.29. The first-order valence-corrected chi connectivity index (χ1v) is 19.7. The second kappa shape index (κ2) is 21.0. The smallest absolute Gasteiger partial charge is 0.297 e. The summed E-state index contributed by atoms with van der Waals surface area (Å²) in [6.45, 7) is 4.81. The molecular formula is C43H56O5S. The fourth-order valence-corrected chi connectivity index (χ4v) is 7.34. The third kappa shape index (κ3) is 12.2. The average Bonchev–Trinajstić information content (AvgIpc) is 3.13. The van der Waals surface area contributed by atoms with Gasteiger partial charge in [-0.3, -0.25) is 4.18 Å². The van der Waals surface area contributed by atoms with E-state index < -0.39 is 21.8 Å². The summed E-state index contributed by atoms with van der Waals surface area (Å²) >= 11 is 0. The zero-order chi connectivity index (χ0) is 34.6. The van der Waals surface area contributed by atoms with Gasteiger partial charge in [0.2, 0.25) is 0 Å². The molecule has 0 aromatic heterocycles. The monoisotopic (exact) mass is 684 g/mol. The summed E-state index contributed by atoms with van der Waals surface area (Å²) < 4.78 is 46.0. The van der Waals surface area contributed by atoms with Crippen LogP contribution in [-0.4, -0.2) is 34.3 Å². The summed E-state index contributed by atoms with van der Waals surface area (Å²) in [6.07, 6.45) is 14.4. The number of benzene rings is 4. The molecule has 4 aromatic carbocycles. The number of ether oxygens (including phenoxy) is 2. The Morgan fingerprint density at radius 3 is 1.43 bits per heavy atom. The molecule has 0 radical (unpaired) electrons. The first-order chi connectivity index (χ1) is 24.0. The molecule has 4 rings (SSSR count). The molecule has 1 unspecified atom stereocenters. The van der Waals surface area contributed by atoms with Gasteiger partial charge >= 0.3 is 0 Å². The topological polar surface area (TPSA) is 61.8 Å². The number of rotatable bonds is 24. The van der Waals surface area contributed by atoms with E-state index in [1.54, 1.807) is 24.3 Å². The highest BCUT2D eigenvalue weighted by atomic mass is 32.2. The maximum atomic E-state index is 13.5. The van der Waals surface area contributed by atoms with Crippen molar-refractivity contribution in [1.29, 1.82) is 0 Å². The van der Waals surface area contributed by atoms with Crippen LogP contribution in [-0.2, 0) is 29.4 Å². The average molecular weight is 685 g/mol. The lowest BCUT2D eigenvalue weighted by molar-refractivity contribution is -0.0535. The lowest BCUT2D eigenvalue weighted by Gasteiger charge is -2.37. The van der Waals surface area contributed by atoms with Gasteiger partial charge in [-0.1, -0.05) is 186 Å². The van der Waals surface area contributed by atoms with E-state index in [0.717, 1.165) is 35.1 Å². The quantitative estimate of drug-likeness (QED) is 0.0418. The molecule has 0 saturated heterocycles. The van der Waals surface area contributed by atoms with E-state index in [0.29, 0.717) is 6.61 Å². The Morgan fingerprint density at radius 2 is 0.980 bits per heavy atom. The van der Waals surface area contributed by atoms with E-state index in [1.807, 2.05) is 97.9 Å². The van der Waals surface area contributed by atoms with E-state index in [-0.39, 0.29) is 18.1 Å². The number of hydrogen-bond acceptors (Lipinski definition) is 5. The van der Waals surface area contributed by atoms with Crippen LogP contribution in [0.3, 0.4) is 0 Å². The number of aryl methyl sites for hydroxylation is 1. The van der Waals surface area contributed by atoms with Gasteiger partial charge in [-0.05, 0) is 42.2 Å².